The second-order valence-corrected chi connectivity index (χ2v) is 8.98. The van der Waals surface area contributed by atoms with Gasteiger partial charge in [-0.05, 0) is 34.9 Å². The Morgan fingerprint density at radius 3 is 2.07 bits per heavy atom. The van der Waals surface area contributed by atoms with E-state index in [4.69, 9.17) is 4.74 Å². The van der Waals surface area contributed by atoms with Gasteiger partial charge in [-0.25, -0.2) is 0 Å². The Morgan fingerprint density at radius 1 is 0.966 bits per heavy atom. The number of likely N-dealkylation sites (tertiary alicyclic amines) is 1. The molecule has 0 N–H and O–H groups in total. The average molecular weight is 394 g/mol. The van der Waals surface area contributed by atoms with Crippen molar-refractivity contribution in [2.24, 2.45) is 0 Å². The number of carbonyl (C=O) groups excluding carboxylic acids is 2. The van der Waals surface area contributed by atoms with E-state index in [1.807, 2.05) is 42.5 Å². The van der Waals surface area contributed by atoms with E-state index < -0.39 is 5.41 Å². The minimum atomic E-state index is -0.696. The normalized spacial score (nSPS) is 16.3. The summed E-state index contributed by atoms with van der Waals surface area (Å²) in [6, 6.07) is 18.1. The first kappa shape index (κ1) is 21.1. The van der Waals surface area contributed by atoms with Gasteiger partial charge in [-0.1, -0.05) is 75.4 Å². The number of benzene rings is 2. The van der Waals surface area contributed by atoms with Crippen molar-refractivity contribution in [3.8, 4) is 0 Å². The van der Waals surface area contributed by atoms with Crippen molar-refractivity contribution >= 4 is 11.9 Å². The van der Waals surface area contributed by atoms with Crippen molar-refractivity contribution in [3.05, 3.63) is 71.3 Å². The smallest absolute Gasteiger partial charge is 0.317 e. The first-order valence-corrected chi connectivity index (χ1v) is 10.3. The molecule has 0 bridgehead atoms. The van der Waals surface area contributed by atoms with Crippen LogP contribution in [0.25, 0.3) is 0 Å². The summed E-state index contributed by atoms with van der Waals surface area (Å²) in [5.41, 5.74) is 2.60. The molecule has 2 aromatic carbocycles. The molecule has 4 heteroatoms. The first-order chi connectivity index (χ1) is 13.7. The first-order valence-electron chi connectivity index (χ1n) is 10.3. The molecule has 0 spiro atoms. The molecule has 1 fully saturated rings. The van der Waals surface area contributed by atoms with Gasteiger partial charge in [0.05, 0.1) is 5.41 Å². The van der Waals surface area contributed by atoms with Crippen LogP contribution in [0.3, 0.4) is 0 Å². The summed E-state index contributed by atoms with van der Waals surface area (Å²) in [4.78, 5) is 26.8. The SMILES string of the molecule is CC(=O)N1CCC(C(=O)OCc2ccc(C(C)(C)C)cc2)(c2ccccc2)CC1. The molecule has 29 heavy (non-hydrogen) atoms. The van der Waals surface area contributed by atoms with E-state index in [1.165, 1.54) is 5.56 Å². The molecule has 0 aliphatic carbocycles. The molecule has 0 unspecified atom stereocenters. The molecule has 1 aliphatic rings. The maximum absolute atomic E-state index is 13.3. The second kappa shape index (κ2) is 8.40. The molecule has 1 amide bonds. The molecule has 154 valence electrons. The van der Waals surface area contributed by atoms with Gasteiger partial charge in [0.25, 0.3) is 0 Å². The zero-order valence-corrected chi connectivity index (χ0v) is 17.9. The highest BCUT2D eigenvalue weighted by Crippen LogP contribution is 2.37. The zero-order valence-electron chi connectivity index (χ0n) is 17.9. The highest BCUT2D eigenvalue weighted by atomic mass is 16.5. The Kier molecular flexibility index (Phi) is 6.11. The predicted octanol–water partition coefficient (Wildman–Crippen LogP) is 4.61. The number of rotatable bonds is 4. The van der Waals surface area contributed by atoms with Crippen molar-refractivity contribution in [3.63, 3.8) is 0 Å². The van der Waals surface area contributed by atoms with Crippen molar-refractivity contribution in [2.75, 3.05) is 13.1 Å². The summed E-state index contributed by atoms with van der Waals surface area (Å²) in [5.74, 6) is -0.147. The fourth-order valence-electron chi connectivity index (χ4n) is 3.96. The molecule has 3 rings (SSSR count). The van der Waals surface area contributed by atoms with Crippen LogP contribution >= 0.6 is 0 Å². The largest absolute Gasteiger partial charge is 0.460 e. The molecule has 4 nitrogen and oxygen atoms in total. The Hall–Kier alpha value is -2.62. The number of ether oxygens (including phenoxy) is 1. The van der Waals surface area contributed by atoms with Crippen molar-refractivity contribution < 1.29 is 14.3 Å². The van der Waals surface area contributed by atoms with E-state index in [1.54, 1.807) is 11.8 Å². The lowest BCUT2D eigenvalue weighted by atomic mass is 9.72. The van der Waals surface area contributed by atoms with Crippen LogP contribution in [0.2, 0.25) is 0 Å². The summed E-state index contributed by atoms with van der Waals surface area (Å²) in [6.45, 7) is 9.51. The lowest BCUT2D eigenvalue weighted by Crippen LogP contribution is -2.49. The van der Waals surface area contributed by atoms with Gasteiger partial charge in [-0.2, -0.15) is 0 Å². The van der Waals surface area contributed by atoms with Gasteiger partial charge in [-0.3, -0.25) is 9.59 Å². The molecule has 2 aromatic rings. The number of amides is 1. The van der Waals surface area contributed by atoms with Gasteiger partial charge in [-0.15, -0.1) is 0 Å². The van der Waals surface area contributed by atoms with Crippen molar-refractivity contribution in [1.29, 1.82) is 0 Å². The average Bonchev–Trinajstić information content (AvgIpc) is 2.72. The van der Waals surface area contributed by atoms with Gasteiger partial charge < -0.3 is 9.64 Å². The summed E-state index contributed by atoms with van der Waals surface area (Å²) in [5, 5.41) is 0. The molecule has 1 heterocycles. The molecule has 1 saturated heterocycles. The minimum Gasteiger partial charge on any atom is -0.460 e. The summed E-state index contributed by atoms with van der Waals surface area (Å²) < 4.78 is 5.80. The molecule has 0 saturated carbocycles. The Balaban J connectivity index is 1.75. The van der Waals surface area contributed by atoms with Gasteiger partial charge >= 0.3 is 5.97 Å². The fourth-order valence-corrected chi connectivity index (χ4v) is 3.96. The molecule has 0 radical (unpaired) electrons. The van der Waals surface area contributed by atoms with Crippen LogP contribution in [-0.2, 0) is 31.8 Å². The molecular formula is C25H31NO3. The summed E-state index contributed by atoms with van der Waals surface area (Å²) in [6.07, 6.45) is 1.16. The van der Waals surface area contributed by atoms with Crippen LogP contribution < -0.4 is 0 Å². The minimum absolute atomic E-state index is 0.0546. The lowest BCUT2D eigenvalue weighted by Gasteiger charge is -2.40. The molecular weight excluding hydrogens is 362 g/mol. The number of carbonyl (C=O) groups is 2. The van der Waals surface area contributed by atoms with E-state index >= 15 is 0 Å². The zero-order chi connectivity index (χ0) is 21.1. The van der Waals surface area contributed by atoms with Gasteiger partial charge in [0.15, 0.2) is 0 Å². The molecule has 0 atom stereocenters. The lowest BCUT2D eigenvalue weighted by molar-refractivity contribution is -0.155. The van der Waals surface area contributed by atoms with E-state index in [0.717, 1.165) is 11.1 Å². The highest BCUT2D eigenvalue weighted by molar-refractivity contribution is 5.84. The monoisotopic (exact) mass is 393 g/mol. The quantitative estimate of drug-likeness (QED) is 0.713. The van der Waals surface area contributed by atoms with Gasteiger partial charge in [0.2, 0.25) is 5.91 Å². The van der Waals surface area contributed by atoms with Gasteiger partial charge in [0.1, 0.15) is 6.61 Å². The van der Waals surface area contributed by atoms with E-state index in [9.17, 15) is 9.59 Å². The van der Waals surface area contributed by atoms with Crippen molar-refractivity contribution in [2.45, 2.75) is 58.0 Å². The van der Waals surface area contributed by atoms with E-state index in [2.05, 4.69) is 32.9 Å². The highest BCUT2D eigenvalue weighted by Gasteiger charge is 2.44. The third-order valence-corrected chi connectivity index (χ3v) is 5.97. The topological polar surface area (TPSA) is 46.6 Å². The third-order valence-electron chi connectivity index (χ3n) is 5.97. The Morgan fingerprint density at radius 2 is 1.55 bits per heavy atom. The number of hydrogen-bond donors (Lipinski definition) is 0. The van der Waals surface area contributed by atoms with Crippen molar-refractivity contribution in [1.82, 2.24) is 4.90 Å². The maximum atomic E-state index is 13.3. The summed E-state index contributed by atoms with van der Waals surface area (Å²) in [7, 11) is 0. The predicted molar refractivity (Wildman–Crippen MR) is 115 cm³/mol. The van der Waals surface area contributed by atoms with Crippen LogP contribution in [0, 0.1) is 0 Å². The number of hydrogen-bond acceptors (Lipinski definition) is 3. The fraction of sp³-hybridized carbons (Fsp3) is 0.440. The van der Waals surface area contributed by atoms with Crippen LogP contribution in [0.1, 0.15) is 57.2 Å². The number of piperidine rings is 1. The molecule has 0 aromatic heterocycles. The van der Waals surface area contributed by atoms with Crippen LogP contribution in [0.15, 0.2) is 54.6 Å². The standard InChI is InChI=1S/C25H31NO3/c1-19(27)26-16-14-25(15-17-26,22-8-6-5-7-9-22)23(28)29-18-20-10-12-21(13-11-20)24(2,3)4/h5-13H,14-18H2,1-4H3. The van der Waals surface area contributed by atoms with Crippen LogP contribution in [0.4, 0.5) is 0 Å². The molecule has 1 aliphatic heterocycles. The van der Waals surface area contributed by atoms with Crippen LogP contribution in [0.5, 0.6) is 0 Å². The Bertz CT molecular complexity index is 842. The maximum Gasteiger partial charge on any atom is 0.317 e. The van der Waals surface area contributed by atoms with E-state index in [0.29, 0.717) is 25.9 Å². The third kappa shape index (κ3) is 4.69. The number of esters is 1. The van der Waals surface area contributed by atoms with E-state index in [-0.39, 0.29) is 23.9 Å². The van der Waals surface area contributed by atoms with Crippen LogP contribution in [-0.4, -0.2) is 29.9 Å². The Labute approximate surface area is 173 Å². The second-order valence-electron chi connectivity index (χ2n) is 8.98. The summed E-state index contributed by atoms with van der Waals surface area (Å²) >= 11 is 0. The van der Waals surface area contributed by atoms with Gasteiger partial charge in [0, 0.05) is 20.0 Å². The number of nitrogens with zero attached hydrogens (tertiary/aromatic N) is 1.